The van der Waals surface area contributed by atoms with E-state index in [4.69, 9.17) is 9.47 Å². The van der Waals surface area contributed by atoms with Crippen molar-refractivity contribution < 1.29 is 9.47 Å². The molecule has 0 bridgehead atoms. The molecular formula is C15H24N2O2. The number of rotatable bonds is 7. The van der Waals surface area contributed by atoms with E-state index in [0.717, 1.165) is 31.1 Å². The Kier molecular flexibility index (Phi) is 5.48. The first-order chi connectivity index (χ1) is 9.33. The Bertz CT molecular complexity index is 390. The van der Waals surface area contributed by atoms with Gasteiger partial charge in [0.1, 0.15) is 0 Å². The van der Waals surface area contributed by atoms with Gasteiger partial charge < -0.3 is 19.7 Å². The van der Waals surface area contributed by atoms with E-state index in [-0.39, 0.29) is 0 Å². The van der Waals surface area contributed by atoms with Crippen molar-refractivity contribution in [3.8, 4) is 11.5 Å². The molecule has 4 heteroatoms. The zero-order chi connectivity index (χ0) is 13.5. The first-order valence-corrected chi connectivity index (χ1v) is 6.97. The van der Waals surface area contributed by atoms with Gasteiger partial charge in [-0.2, -0.15) is 0 Å². The molecule has 0 aromatic heterocycles. The van der Waals surface area contributed by atoms with Gasteiger partial charge in [0.2, 0.25) is 0 Å². The van der Waals surface area contributed by atoms with Crippen molar-refractivity contribution >= 4 is 0 Å². The summed E-state index contributed by atoms with van der Waals surface area (Å²) < 4.78 is 10.5. The Morgan fingerprint density at radius 2 is 1.84 bits per heavy atom. The summed E-state index contributed by atoms with van der Waals surface area (Å²) in [6.07, 6.45) is 2.71. The number of likely N-dealkylation sites (tertiary alicyclic amines) is 1. The number of benzene rings is 1. The van der Waals surface area contributed by atoms with Crippen molar-refractivity contribution in [1.29, 1.82) is 0 Å². The molecule has 1 aromatic rings. The predicted molar refractivity (Wildman–Crippen MR) is 76.9 cm³/mol. The van der Waals surface area contributed by atoms with E-state index in [9.17, 15) is 0 Å². The van der Waals surface area contributed by atoms with Gasteiger partial charge >= 0.3 is 0 Å². The van der Waals surface area contributed by atoms with E-state index in [1.807, 2.05) is 12.1 Å². The fourth-order valence-electron chi connectivity index (χ4n) is 2.47. The van der Waals surface area contributed by atoms with E-state index < -0.39 is 0 Å². The maximum absolute atomic E-state index is 5.30. The van der Waals surface area contributed by atoms with Crippen LogP contribution < -0.4 is 14.8 Å². The lowest BCUT2D eigenvalue weighted by molar-refractivity contribution is 0.335. The molecule has 2 rings (SSSR count). The van der Waals surface area contributed by atoms with Crippen LogP contribution in [-0.2, 0) is 6.54 Å². The lowest BCUT2D eigenvalue weighted by Crippen LogP contribution is -2.29. The third-order valence-corrected chi connectivity index (χ3v) is 3.58. The van der Waals surface area contributed by atoms with E-state index in [2.05, 4.69) is 16.3 Å². The molecule has 0 aliphatic carbocycles. The molecular weight excluding hydrogens is 240 g/mol. The van der Waals surface area contributed by atoms with Crippen LogP contribution in [0.2, 0.25) is 0 Å². The minimum absolute atomic E-state index is 0.781. The van der Waals surface area contributed by atoms with Gasteiger partial charge in [-0.1, -0.05) is 6.07 Å². The summed E-state index contributed by atoms with van der Waals surface area (Å²) in [5, 5.41) is 3.48. The quantitative estimate of drug-likeness (QED) is 0.763. The highest BCUT2D eigenvalue weighted by atomic mass is 16.5. The highest BCUT2D eigenvalue weighted by molar-refractivity contribution is 5.42. The van der Waals surface area contributed by atoms with Crippen molar-refractivity contribution in [1.82, 2.24) is 10.2 Å². The third-order valence-electron chi connectivity index (χ3n) is 3.58. The monoisotopic (exact) mass is 264 g/mol. The van der Waals surface area contributed by atoms with Crippen LogP contribution in [0.5, 0.6) is 11.5 Å². The second-order valence-corrected chi connectivity index (χ2v) is 4.91. The van der Waals surface area contributed by atoms with Crippen LogP contribution in [0.15, 0.2) is 18.2 Å². The fraction of sp³-hybridized carbons (Fsp3) is 0.600. The molecule has 1 N–H and O–H groups in total. The molecule has 1 aromatic carbocycles. The van der Waals surface area contributed by atoms with E-state index in [0.29, 0.717) is 0 Å². The number of hydrogen-bond acceptors (Lipinski definition) is 4. The molecule has 0 saturated carbocycles. The molecule has 1 fully saturated rings. The molecule has 1 aliphatic rings. The highest BCUT2D eigenvalue weighted by Gasteiger charge is 2.10. The molecule has 0 amide bonds. The molecule has 0 atom stereocenters. The fourth-order valence-corrected chi connectivity index (χ4v) is 2.47. The molecule has 1 aliphatic heterocycles. The molecule has 0 radical (unpaired) electrons. The molecule has 0 spiro atoms. The average molecular weight is 264 g/mol. The zero-order valence-corrected chi connectivity index (χ0v) is 11.9. The highest BCUT2D eigenvalue weighted by Crippen LogP contribution is 2.27. The molecule has 1 saturated heterocycles. The van der Waals surface area contributed by atoms with Crippen molar-refractivity contribution in [2.24, 2.45) is 0 Å². The summed E-state index contributed by atoms with van der Waals surface area (Å²) in [6, 6.07) is 6.06. The SMILES string of the molecule is COc1ccc(CNCCN2CCCC2)cc1OC. The molecule has 1 heterocycles. The maximum atomic E-state index is 5.30. The summed E-state index contributed by atoms with van der Waals surface area (Å²) in [4.78, 5) is 2.52. The van der Waals surface area contributed by atoms with E-state index in [1.54, 1.807) is 14.2 Å². The molecule has 4 nitrogen and oxygen atoms in total. The third kappa shape index (κ3) is 4.11. The maximum Gasteiger partial charge on any atom is 0.161 e. The summed E-state index contributed by atoms with van der Waals surface area (Å²) in [5.41, 5.74) is 1.22. The van der Waals surface area contributed by atoms with E-state index in [1.165, 1.54) is 31.5 Å². The van der Waals surface area contributed by atoms with E-state index >= 15 is 0 Å². The van der Waals surface area contributed by atoms with Crippen molar-refractivity contribution in [3.05, 3.63) is 23.8 Å². The van der Waals surface area contributed by atoms with Crippen LogP contribution in [-0.4, -0.2) is 45.3 Å². The van der Waals surface area contributed by atoms with Crippen molar-refractivity contribution in [2.45, 2.75) is 19.4 Å². The number of nitrogens with zero attached hydrogens (tertiary/aromatic N) is 1. The normalized spacial score (nSPS) is 15.7. The van der Waals surface area contributed by atoms with Crippen molar-refractivity contribution in [2.75, 3.05) is 40.4 Å². The standard InChI is InChI=1S/C15H24N2O2/c1-18-14-6-5-13(11-15(14)19-2)12-16-7-10-17-8-3-4-9-17/h5-6,11,16H,3-4,7-10,12H2,1-2H3. The largest absolute Gasteiger partial charge is 0.493 e. The first-order valence-electron chi connectivity index (χ1n) is 6.97. The van der Waals surface area contributed by atoms with Crippen LogP contribution in [0.4, 0.5) is 0 Å². The van der Waals surface area contributed by atoms with Gasteiger partial charge in [0, 0.05) is 19.6 Å². The number of ether oxygens (including phenoxy) is 2. The van der Waals surface area contributed by atoms with Crippen LogP contribution in [0.25, 0.3) is 0 Å². The minimum Gasteiger partial charge on any atom is -0.493 e. The lowest BCUT2D eigenvalue weighted by Gasteiger charge is -2.15. The molecule has 0 unspecified atom stereocenters. The number of hydrogen-bond donors (Lipinski definition) is 1. The summed E-state index contributed by atoms with van der Waals surface area (Å²) in [5.74, 6) is 1.57. The molecule has 19 heavy (non-hydrogen) atoms. The van der Waals surface area contributed by atoms with Gasteiger partial charge in [0.25, 0.3) is 0 Å². The minimum atomic E-state index is 0.781. The van der Waals surface area contributed by atoms with Crippen LogP contribution in [0.1, 0.15) is 18.4 Å². The Balaban J connectivity index is 1.75. The number of nitrogens with one attached hydrogen (secondary N) is 1. The lowest BCUT2D eigenvalue weighted by atomic mass is 10.2. The van der Waals surface area contributed by atoms with Gasteiger partial charge in [-0.3, -0.25) is 0 Å². The van der Waals surface area contributed by atoms with Crippen LogP contribution in [0, 0.1) is 0 Å². The van der Waals surface area contributed by atoms with Gasteiger partial charge in [0.05, 0.1) is 14.2 Å². The second-order valence-electron chi connectivity index (χ2n) is 4.91. The Morgan fingerprint density at radius 1 is 1.11 bits per heavy atom. The van der Waals surface area contributed by atoms with Crippen LogP contribution in [0.3, 0.4) is 0 Å². The number of methoxy groups -OCH3 is 2. The zero-order valence-electron chi connectivity index (χ0n) is 11.9. The summed E-state index contributed by atoms with van der Waals surface area (Å²) in [6.45, 7) is 5.58. The van der Waals surface area contributed by atoms with Gasteiger partial charge in [0.15, 0.2) is 11.5 Å². The average Bonchev–Trinajstić information content (AvgIpc) is 2.96. The Labute approximate surface area is 115 Å². The predicted octanol–water partition coefficient (Wildman–Crippen LogP) is 1.89. The Morgan fingerprint density at radius 3 is 2.53 bits per heavy atom. The van der Waals surface area contributed by atoms with Crippen molar-refractivity contribution in [3.63, 3.8) is 0 Å². The first kappa shape index (κ1) is 14.2. The summed E-state index contributed by atoms with van der Waals surface area (Å²) in [7, 11) is 3.33. The van der Waals surface area contributed by atoms with Gasteiger partial charge in [-0.25, -0.2) is 0 Å². The topological polar surface area (TPSA) is 33.7 Å². The van der Waals surface area contributed by atoms with Crippen LogP contribution >= 0.6 is 0 Å². The van der Waals surface area contributed by atoms with Gasteiger partial charge in [-0.15, -0.1) is 0 Å². The smallest absolute Gasteiger partial charge is 0.161 e. The molecule has 106 valence electrons. The Hall–Kier alpha value is -1.26. The second kappa shape index (κ2) is 7.36. The summed E-state index contributed by atoms with van der Waals surface area (Å²) >= 11 is 0. The van der Waals surface area contributed by atoms with Gasteiger partial charge in [-0.05, 0) is 43.6 Å².